The molecule has 0 aliphatic heterocycles. The van der Waals surface area contributed by atoms with Crippen molar-refractivity contribution in [3.05, 3.63) is 11.7 Å². The van der Waals surface area contributed by atoms with Crippen LogP contribution >= 0.6 is 0 Å². The van der Waals surface area contributed by atoms with Gasteiger partial charge in [0.05, 0.1) is 5.54 Å². The molecule has 2 atom stereocenters. The van der Waals surface area contributed by atoms with Gasteiger partial charge in [0.25, 0.3) is 0 Å². The molecule has 0 aromatic carbocycles. The predicted octanol–water partition coefficient (Wildman–Crippen LogP) is 2.31. The molecule has 4 nitrogen and oxygen atoms in total. The summed E-state index contributed by atoms with van der Waals surface area (Å²) in [5.41, 5.74) is 5.94. The minimum Gasteiger partial charge on any atom is -0.339 e. The second-order valence-corrected chi connectivity index (χ2v) is 6.10. The van der Waals surface area contributed by atoms with Crippen molar-refractivity contribution in [2.24, 2.45) is 17.6 Å². The lowest BCUT2D eigenvalue weighted by molar-refractivity contribution is 0.229. The van der Waals surface area contributed by atoms with Gasteiger partial charge in [-0.05, 0) is 43.9 Å². The number of nitrogens with two attached hydrogens (primary N) is 1. The summed E-state index contributed by atoms with van der Waals surface area (Å²) in [6, 6.07) is 0. The predicted molar refractivity (Wildman–Crippen MR) is 62.2 cm³/mol. The van der Waals surface area contributed by atoms with E-state index in [0.29, 0.717) is 5.92 Å². The second-order valence-electron chi connectivity index (χ2n) is 6.10. The first-order valence-corrected chi connectivity index (χ1v) is 6.91. The lowest BCUT2D eigenvalue weighted by Crippen LogP contribution is -2.44. The van der Waals surface area contributed by atoms with Crippen LogP contribution in [-0.2, 0) is 5.54 Å². The van der Waals surface area contributed by atoms with E-state index in [1.54, 1.807) is 0 Å². The number of hydrogen-bond donors (Lipinski definition) is 1. The monoisotopic (exact) mass is 233 g/mol. The van der Waals surface area contributed by atoms with Gasteiger partial charge in [0.15, 0.2) is 5.82 Å². The smallest absolute Gasteiger partial charge is 0.230 e. The topological polar surface area (TPSA) is 64.9 Å². The molecule has 92 valence electrons. The number of rotatable bonds is 2. The fourth-order valence-corrected chi connectivity index (χ4v) is 3.71. The van der Waals surface area contributed by atoms with Crippen LogP contribution < -0.4 is 5.73 Å². The fraction of sp³-hybridized carbons (Fsp3) is 0.846. The summed E-state index contributed by atoms with van der Waals surface area (Å²) < 4.78 is 5.46. The zero-order valence-electron chi connectivity index (χ0n) is 10.1. The van der Waals surface area contributed by atoms with Gasteiger partial charge in [0.2, 0.25) is 5.89 Å². The van der Waals surface area contributed by atoms with E-state index in [9.17, 15) is 0 Å². The maximum Gasteiger partial charge on any atom is 0.230 e. The fourth-order valence-electron chi connectivity index (χ4n) is 3.71. The minimum absolute atomic E-state index is 0.276. The van der Waals surface area contributed by atoms with Crippen molar-refractivity contribution in [3.8, 4) is 0 Å². The van der Waals surface area contributed by atoms with E-state index in [0.717, 1.165) is 36.4 Å². The molecule has 4 rings (SSSR count). The van der Waals surface area contributed by atoms with E-state index in [1.165, 1.54) is 32.1 Å². The molecule has 0 radical (unpaired) electrons. The zero-order chi connectivity index (χ0) is 11.5. The third-order valence-corrected chi connectivity index (χ3v) is 5.07. The molecule has 1 aromatic heterocycles. The van der Waals surface area contributed by atoms with Gasteiger partial charge >= 0.3 is 0 Å². The van der Waals surface area contributed by atoms with Crippen molar-refractivity contribution in [2.45, 2.75) is 56.4 Å². The molecule has 2 unspecified atom stereocenters. The summed E-state index contributed by atoms with van der Waals surface area (Å²) in [6.07, 6.45) is 8.64. The van der Waals surface area contributed by atoms with Crippen LogP contribution in [0.25, 0.3) is 0 Å². The Morgan fingerprint density at radius 1 is 1.12 bits per heavy atom. The van der Waals surface area contributed by atoms with E-state index in [1.807, 2.05) is 0 Å². The number of fused-ring (bicyclic) bond motifs is 1. The van der Waals surface area contributed by atoms with Gasteiger partial charge in [0.1, 0.15) is 0 Å². The summed E-state index contributed by atoms with van der Waals surface area (Å²) >= 11 is 0. The largest absolute Gasteiger partial charge is 0.339 e. The Morgan fingerprint density at radius 3 is 2.41 bits per heavy atom. The molecule has 2 N–H and O–H groups in total. The van der Waals surface area contributed by atoms with Crippen LogP contribution in [0.5, 0.6) is 0 Å². The van der Waals surface area contributed by atoms with Gasteiger partial charge in [-0.15, -0.1) is 0 Å². The van der Waals surface area contributed by atoms with Crippen molar-refractivity contribution < 1.29 is 4.52 Å². The van der Waals surface area contributed by atoms with Crippen LogP contribution in [0.2, 0.25) is 0 Å². The van der Waals surface area contributed by atoms with Crippen molar-refractivity contribution in [3.63, 3.8) is 0 Å². The SMILES string of the molecule is NC1(c2noc(C3C4CCCCC43)n2)CCC1. The van der Waals surface area contributed by atoms with E-state index >= 15 is 0 Å². The molecule has 0 bridgehead atoms. The molecule has 3 aliphatic rings. The Labute approximate surface area is 101 Å². The molecule has 4 heteroatoms. The quantitative estimate of drug-likeness (QED) is 0.851. The Bertz CT molecular complexity index is 426. The van der Waals surface area contributed by atoms with Crippen LogP contribution in [0, 0.1) is 11.8 Å². The highest BCUT2D eigenvalue weighted by atomic mass is 16.5. The standard InChI is InChI=1S/C13H19N3O/c14-13(6-3-7-13)12-15-11(17-16-12)10-8-4-1-2-5-9(8)10/h8-10H,1-7,14H2. The average Bonchev–Trinajstić information content (AvgIpc) is 2.84. The molecule has 3 fully saturated rings. The van der Waals surface area contributed by atoms with Gasteiger partial charge in [-0.25, -0.2) is 0 Å². The molecular formula is C13H19N3O. The van der Waals surface area contributed by atoms with Crippen molar-refractivity contribution in [1.29, 1.82) is 0 Å². The number of aromatic nitrogens is 2. The van der Waals surface area contributed by atoms with E-state index in [4.69, 9.17) is 10.3 Å². The van der Waals surface area contributed by atoms with Gasteiger partial charge < -0.3 is 10.3 Å². The maximum absolute atomic E-state index is 6.22. The first kappa shape index (κ1) is 10.1. The third kappa shape index (κ3) is 1.39. The average molecular weight is 233 g/mol. The Kier molecular flexibility index (Phi) is 1.96. The highest BCUT2D eigenvalue weighted by Crippen LogP contribution is 2.60. The highest BCUT2D eigenvalue weighted by Gasteiger charge is 2.55. The molecular weight excluding hydrogens is 214 g/mol. The third-order valence-electron chi connectivity index (χ3n) is 5.07. The van der Waals surface area contributed by atoms with E-state index in [2.05, 4.69) is 10.1 Å². The molecule has 1 heterocycles. The molecule has 0 spiro atoms. The molecule has 3 saturated carbocycles. The van der Waals surface area contributed by atoms with Crippen molar-refractivity contribution in [2.75, 3.05) is 0 Å². The zero-order valence-corrected chi connectivity index (χ0v) is 10.1. The Morgan fingerprint density at radius 2 is 1.82 bits per heavy atom. The second kappa shape index (κ2) is 3.31. The summed E-state index contributed by atoms with van der Waals surface area (Å²) in [6.45, 7) is 0. The van der Waals surface area contributed by atoms with Crippen LogP contribution in [0.1, 0.15) is 62.6 Å². The Hall–Kier alpha value is -0.900. The number of hydrogen-bond acceptors (Lipinski definition) is 4. The summed E-state index contributed by atoms with van der Waals surface area (Å²) in [5, 5.41) is 4.12. The van der Waals surface area contributed by atoms with Gasteiger partial charge in [-0.1, -0.05) is 18.0 Å². The molecule has 3 aliphatic carbocycles. The minimum atomic E-state index is -0.276. The summed E-state index contributed by atoms with van der Waals surface area (Å²) in [5.74, 6) is 3.83. The number of nitrogens with zero attached hydrogens (tertiary/aromatic N) is 2. The lowest BCUT2D eigenvalue weighted by Gasteiger charge is -2.34. The molecule has 17 heavy (non-hydrogen) atoms. The summed E-state index contributed by atoms with van der Waals surface area (Å²) in [4.78, 5) is 4.59. The first-order chi connectivity index (χ1) is 8.28. The van der Waals surface area contributed by atoms with E-state index in [-0.39, 0.29) is 5.54 Å². The van der Waals surface area contributed by atoms with E-state index < -0.39 is 0 Å². The van der Waals surface area contributed by atoms with Crippen LogP contribution in [-0.4, -0.2) is 10.1 Å². The van der Waals surface area contributed by atoms with Crippen molar-refractivity contribution in [1.82, 2.24) is 10.1 Å². The van der Waals surface area contributed by atoms with Gasteiger partial charge in [0, 0.05) is 5.92 Å². The highest BCUT2D eigenvalue weighted by molar-refractivity contribution is 5.17. The normalized spacial score (nSPS) is 38.3. The van der Waals surface area contributed by atoms with Crippen LogP contribution in [0.15, 0.2) is 4.52 Å². The molecule has 0 saturated heterocycles. The van der Waals surface area contributed by atoms with Gasteiger partial charge in [-0.3, -0.25) is 0 Å². The van der Waals surface area contributed by atoms with Crippen LogP contribution in [0.3, 0.4) is 0 Å². The van der Waals surface area contributed by atoms with Crippen LogP contribution in [0.4, 0.5) is 0 Å². The molecule has 0 amide bonds. The summed E-state index contributed by atoms with van der Waals surface area (Å²) in [7, 11) is 0. The van der Waals surface area contributed by atoms with Crippen molar-refractivity contribution >= 4 is 0 Å². The van der Waals surface area contributed by atoms with Gasteiger partial charge in [-0.2, -0.15) is 4.98 Å². The lowest BCUT2D eigenvalue weighted by atomic mass is 9.77. The maximum atomic E-state index is 6.22. The Balaban J connectivity index is 1.56. The molecule has 1 aromatic rings. The first-order valence-electron chi connectivity index (χ1n) is 6.91.